The molecule has 0 saturated carbocycles. The summed E-state index contributed by atoms with van der Waals surface area (Å²) in [5, 5.41) is 12.0. The van der Waals surface area contributed by atoms with Gasteiger partial charge in [-0.05, 0) is 30.3 Å². The van der Waals surface area contributed by atoms with Crippen molar-refractivity contribution >= 4 is 33.7 Å². The number of nitrogens with zero attached hydrogens (tertiary/aromatic N) is 2. The highest BCUT2D eigenvalue weighted by molar-refractivity contribution is 6.02. The summed E-state index contributed by atoms with van der Waals surface area (Å²) in [6.45, 7) is 0.336. The highest BCUT2D eigenvalue weighted by atomic mass is 16.5. The van der Waals surface area contributed by atoms with E-state index in [1.165, 1.54) is 0 Å². The van der Waals surface area contributed by atoms with Gasteiger partial charge >= 0.3 is 5.97 Å². The number of cyclic esters (lactones) is 1. The molecule has 3 heterocycles. The monoisotopic (exact) mass is 372 g/mol. The molecule has 7 nitrogen and oxygen atoms in total. The van der Waals surface area contributed by atoms with E-state index in [-0.39, 0.29) is 5.91 Å². The summed E-state index contributed by atoms with van der Waals surface area (Å²) in [6, 6.07) is 16.5. The summed E-state index contributed by atoms with van der Waals surface area (Å²) in [5.41, 5.74) is 3.54. The van der Waals surface area contributed by atoms with Crippen molar-refractivity contribution in [3.8, 4) is 11.4 Å². The lowest BCUT2D eigenvalue weighted by molar-refractivity contribution is -0.139. The lowest BCUT2D eigenvalue weighted by atomic mass is 10.1. The molecule has 5 rings (SSSR count). The standard InChI is InChI=1S/C21H16N4O3/c26-20(23-18-9-10-28-21(18)27)13-6-7-16-14(11-13)19(25-24-16)17-8-5-12-3-1-2-4-15(12)22-17/h1-8,11,18H,9-10H2,(H,23,26)(H,24,25). The molecule has 138 valence electrons. The van der Waals surface area contributed by atoms with E-state index in [1.54, 1.807) is 18.2 Å². The zero-order chi connectivity index (χ0) is 19.1. The summed E-state index contributed by atoms with van der Waals surface area (Å²) in [6.07, 6.45) is 0.491. The number of benzene rings is 2. The molecule has 4 aromatic rings. The van der Waals surface area contributed by atoms with Crippen LogP contribution in [0.15, 0.2) is 54.6 Å². The molecular formula is C21H16N4O3. The van der Waals surface area contributed by atoms with Crippen LogP contribution in [0.3, 0.4) is 0 Å². The number of hydrogen-bond donors (Lipinski definition) is 2. The predicted octanol–water partition coefficient (Wildman–Crippen LogP) is 2.82. The first-order valence-corrected chi connectivity index (χ1v) is 9.01. The van der Waals surface area contributed by atoms with Gasteiger partial charge in [0.05, 0.1) is 23.3 Å². The van der Waals surface area contributed by atoms with Crippen molar-refractivity contribution in [1.29, 1.82) is 0 Å². The Balaban J connectivity index is 1.52. The minimum Gasteiger partial charge on any atom is -0.464 e. The fraction of sp³-hybridized carbons (Fsp3) is 0.143. The quantitative estimate of drug-likeness (QED) is 0.539. The first-order valence-electron chi connectivity index (χ1n) is 9.01. The van der Waals surface area contributed by atoms with Gasteiger partial charge in [-0.15, -0.1) is 0 Å². The van der Waals surface area contributed by atoms with E-state index in [0.717, 1.165) is 27.5 Å². The summed E-state index contributed by atoms with van der Waals surface area (Å²) in [5.74, 6) is -0.705. The minimum atomic E-state index is -0.589. The lowest BCUT2D eigenvalue weighted by Gasteiger charge is -2.09. The normalized spacial score (nSPS) is 16.4. The molecule has 0 radical (unpaired) electrons. The van der Waals surface area contributed by atoms with E-state index in [2.05, 4.69) is 15.5 Å². The molecule has 1 amide bonds. The van der Waals surface area contributed by atoms with Gasteiger partial charge in [-0.2, -0.15) is 5.10 Å². The van der Waals surface area contributed by atoms with Gasteiger partial charge in [0.2, 0.25) is 0 Å². The lowest BCUT2D eigenvalue weighted by Crippen LogP contribution is -2.37. The zero-order valence-corrected chi connectivity index (χ0v) is 14.8. The van der Waals surface area contributed by atoms with Crippen LogP contribution >= 0.6 is 0 Å². The van der Waals surface area contributed by atoms with E-state index in [0.29, 0.717) is 24.3 Å². The maximum atomic E-state index is 12.6. The summed E-state index contributed by atoms with van der Waals surface area (Å²) in [4.78, 5) is 28.9. The van der Waals surface area contributed by atoms with Crippen molar-refractivity contribution < 1.29 is 14.3 Å². The Bertz CT molecular complexity index is 1230. The Kier molecular flexibility index (Phi) is 3.79. The van der Waals surface area contributed by atoms with E-state index in [1.807, 2.05) is 36.4 Å². The van der Waals surface area contributed by atoms with Gasteiger partial charge in [0.15, 0.2) is 0 Å². The van der Waals surface area contributed by atoms with Crippen molar-refractivity contribution in [1.82, 2.24) is 20.5 Å². The molecule has 1 atom stereocenters. The Morgan fingerprint density at radius 2 is 2.04 bits per heavy atom. The molecule has 0 spiro atoms. The van der Waals surface area contributed by atoms with Crippen molar-refractivity contribution in [2.24, 2.45) is 0 Å². The molecule has 2 aromatic heterocycles. The van der Waals surface area contributed by atoms with Crippen LogP contribution < -0.4 is 5.32 Å². The molecule has 1 aliphatic rings. The SMILES string of the molecule is O=C(NC1CCOC1=O)c1ccc2[nH]nc(-c3ccc4ccccc4n3)c2c1. The summed E-state index contributed by atoms with van der Waals surface area (Å²) < 4.78 is 4.90. The molecule has 0 bridgehead atoms. The average molecular weight is 372 g/mol. The molecule has 2 aromatic carbocycles. The van der Waals surface area contributed by atoms with Crippen molar-refractivity contribution in [2.45, 2.75) is 12.5 Å². The smallest absolute Gasteiger partial charge is 0.328 e. The first kappa shape index (κ1) is 16.4. The van der Waals surface area contributed by atoms with Gasteiger partial charge in [-0.1, -0.05) is 24.3 Å². The van der Waals surface area contributed by atoms with E-state index in [9.17, 15) is 9.59 Å². The van der Waals surface area contributed by atoms with Crippen molar-refractivity contribution in [2.75, 3.05) is 6.61 Å². The summed E-state index contributed by atoms with van der Waals surface area (Å²) in [7, 11) is 0. The van der Waals surface area contributed by atoms with Crippen LogP contribution in [-0.4, -0.2) is 39.7 Å². The molecule has 1 fully saturated rings. The van der Waals surface area contributed by atoms with Crippen LogP contribution in [0.25, 0.3) is 33.2 Å². The second-order valence-corrected chi connectivity index (χ2v) is 6.70. The maximum absolute atomic E-state index is 12.6. The molecule has 7 heteroatoms. The molecule has 1 unspecified atom stereocenters. The number of para-hydroxylation sites is 1. The molecular weight excluding hydrogens is 356 g/mol. The van der Waals surface area contributed by atoms with Gasteiger partial charge in [0.1, 0.15) is 11.7 Å². The molecule has 28 heavy (non-hydrogen) atoms. The largest absolute Gasteiger partial charge is 0.464 e. The minimum absolute atomic E-state index is 0.315. The first-order chi connectivity index (χ1) is 13.7. The third-order valence-corrected chi connectivity index (χ3v) is 4.91. The molecule has 1 saturated heterocycles. The van der Waals surface area contributed by atoms with Gasteiger partial charge in [0, 0.05) is 22.8 Å². The second-order valence-electron chi connectivity index (χ2n) is 6.70. The number of esters is 1. The Morgan fingerprint density at radius 1 is 1.14 bits per heavy atom. The van der Waals surface area contributed by atoms with E-state index in [4.69, 9.17) is 9.72 Å². The number of nitrogens with one attached hydrogen (secondary N) is 2. The molecule has 1 aliphatic heterocycles. The highest BCUT2D eigenvalue weighted by Gasteiger charge is 2.28. The summed E-state index contributed by atoms with van der Waals surface area (Å²) >= 11 is 0. The fourth-order valence-electron chi connectivity index (χ4n) is 3.42. The number of carbonyl (C=O) groups excluding carboxylic acids is 2. The molecule has 2 N–H and O–H groups in total. The second kappa shape index (κ2) is 6.45. The van der Waals surface area contributed by atoms with Crippen LogP contribution in [0.4, 0.5) is 0 Å². The third kappa shape index (κ3) is 2.77. The van der Waals surface area contributed by atoms with Gasteiger partial charge in [-0.3, -0.25) is 9.89 Å². The fourth-order valence-corrected chi connectivity index (χ4v) is 3.42. The van der Waals surface area contributed by atoms with Gasteiger partial charge in [-0.25, -0.2) is 9.78 Å². The number of amides is 1. The van der Waals surface area contributed by atoms with Gasteiger partial charge in [0.25, 0.3) is 5.91 Å². The van der Waals surface area contributed by atoms with E-state index < -0.39 is 12.0 Å². The van der Waals surface area contributed by atoms with Crippen molar-refractivity contribution in [3.63, 3.8) is 0 Å². The van der Waals surface area contributed by atoms with E-state index >= 15 is 0 Å². The maximum Gasteiger partial charge on any atom is 0.328 e. The van der Waals surface area contributed by atoms with Crippen LogP contribution in [0, 0.1) is 0 Å². The van der Waals surface area contributed by atoms with Crippen molar-refractivity contribution in [3.05, 3.63) is 60.2 Å². The molecule has 0 aliphatic carbocycles. The number of fused-ring (bicyclic) bond motifs is 2. The number of aromatic nitrogens is 3. The zero-order valence-electron chi connectivity index (χ0n) is 14.8. The number of carbonyl (C=O) groups is 2. The predicted molar refractivity (Wildman–Crippen MR) is 104 cm³/mol. The number of H-pyrrole nitrogens is 1. The number of aromatic amines is 1. The average Bonchev–Trinajstić information content (AvgIpc) is 3.33. The Hall–Kier alpha value is -3.74. The van der Waals surface area contributed by atoms with Crippen LogP contribution in [0.1, 0.15) is 16.8 Å². The van der Waals surface area contributed by atoms with Crippen LogP contribution in [-0.2, 0) is 9.53 Å². The topological polar surface area (TPSA) is 97.0 Å². The Morgan fingerprint density at radius 3 is 2.89 bits per heavy atom. The highest BCUT2D eigenvalue weighted by Crippen LogP contribution is 2.27. The number of pyridine rings is 1. The number of hydrogen-bond acceptors (Lipinski definition) is 5. The van der Waals surface area contributed by atoms with Gasteiger partial charge < -0.3 is 10.1 Å². The number of rotatable bonds is 3. The Labute approximate surface area is 159 Å². The van der Waals surface area contributed by atoms with Crippen LogP contribution in [0.5, 0.6) is 0 Å². The number of ether oxygens (including phenoxy) is 1. The third-order valence-electron chi connectivity index (χ3n) is 4.91. The van der Waals surface area contributed by atoms with Crippen LogP contribution in [0.2, 0.25) is 0 Å².